The number of carbonyl (C=O) groups excluding carboxylic acids is 1. The smallest absolute Gasteiger partial charge is 0.261 e. The number of aromatic nitrogens is 2. The van der Waals surface area contributed by atoms with Gasteiger partial charge in [0.2, 0.25) is 0 Å². The molecular formula is C19H19BrN4OS. The fraction of sp³-hybridized carbons (Fsp3) is 0.316. The standard InChI is InChI=1S/C19H19BrN4OS/c1-12-15-17(24-8-4-5-9-24)22-11-23-19(15)26-16(12)18(25)21-10-13-6-2-3-7-14(13)20/h2-3,6-7,11H,4-5,8-10H2,1H3,(H,21,25). The highest BCUT2D eigenvalue weighted by Crippen LogP contribution is 2.35. The van der Waals surface area contributed by atoms with E-state index in [1.54, 1.807) is 6.33 Å². The molecule has 3 heterocycles. The van der Waals surface area contributed by atoms with Crippen LogP contribution >= 0.6 is 27.3 Å². The third-order valence-corrected chi connectivity index (χ3v) is 6.69. The van der Waals surface area contributed by atoms with Gasteiger partial charge in [0.05, 0.1) is 10.3 Å². The average Bonchev–Trinajstić information content (AvgIpc) is 3.29. The number of hydrogen-bond donors (Lipinski definition) is 1. The zero-order chi connectivity index (χ0) is 18.1. The topological polar surface area (TPSA) is 58.1 Å². The number of halogens is 1. The van der Waals surface area contributed by atoms with Crippen LogP contribution in [0.25, 0.3) is 10.2 Å². The molecule has 0 bridgehead atoms. The van der Waals surface area contributed by atoms with E-state index in [1.807, 2.05) is 31.2 Å². The fourth-order valence-electron chi connectivity index (χ4n) is 3.34. The third-order valence-electron chi connectivity index (χ3n) is 4.72. The molecule has 0 saturated carbocycles. The Hall–Kier alpha value is -1.99. The average molecular weight is 431 g/mol. The van der Waals surface area contributed by atoms with Crippen molar-refractivity contribution in [1.29, 1.82) is 0 Å². The minimum Gasteiger partial charge on any atom is -0.356 e. The Morgan fingerprint density at radius 3 is 2.81 bits per heavy atom. The first-order valence-corrected chi connectivity index (χ1v) is 10.3. The van der Waals surface area contributed by atoms with Gasteiger partial charge in [-0.1, -0.05) is 34.1 Å². The van der Waals surface area contributed by atoms with Crippen LogP contribution in [0.4, 0.5) is 5.82 Å². The van der Waals surface area contributed by atoms with Crippen LogP contribution in [0, 0.1) is 6.92 Å². The summed E-state index contributed by atoms with van der Waals surface area (Å²) < 4.78 is 0.996. The Kier molecular flexibility index (Phi) is 4.91. The number of aryl methyl sites for hydroxylation is 1. The van der Waals surface area contributed by atoms with Gasteiger partial charge in [-0.2, -0.15) is 0 Å². The van der Waals surface area contributed by atoms with E-state index in [9.17, 15) is 4.79 Å². The molecule has 0 spiro atoms. The number of amides is 1. The van der Waals surface area contributed by atoms with E-state index in [-0.39, 0.29) is 5.91 Å². The third kappa shape index (κ3) is 3.21. The predicted molar refractivity (Wildman–Crippen MR) is 109 cm³/mol. The van der Waals surface area contributed by atoms with Crippen molar-refractivity contribution in [2.24, 2.45) is 0 Å². The van der Waals surface area contributed by atoms with E-state index < -0.39 is 0 Å². The van der Waals surface area contributed by atoms with Gasteiger partial charge in [-0.05, 0) is 37.0 Å². The van der Waals surface area contributed by atoms with Gasteiger partial charge in [0.1, 0.15) is 17.0 Å². The molecule has 1 saturated heterocycles. The Morgan fingerprint density at radius 1 is 1.27 bits per heavy atom. The molecule has 26 heavy (non-hydrogen) atoms. The van der Waals surface area contributed by atoms with Gasteiger partial charge in [0, 0.05) is 24.1 Å². The quantitative estimate of drug-likeness (QED) is 0.670. The molecular weight excluding hydrogens is 412 g/mol. The highest BCUT2D eigenvalue weighted by molar-refractivity contribution is 9.10. The van der Waals surface area contributed by atoms with Crippen LogP contribution < -0.4 is 10.2 Å². The summed E-state index contributed by atoms with van der Waals surface area (Å²) in [5.74, 6) is 0.903. The van der Waals surface area contributed by atoms with Gasteiger partial charge in [-0.15, -0.1) is 11.3 Å². The molecule has 1 amide bonds. The Balaban J connectivity index is 1.62. The second kappa shape index (κ2) is 7.32. The Bertz CT molecular complexity index is 965. The maximum absolute atomic E-state index is 12.8. The van der Waals surface area contributed by atoms with Gasteiger partial charge in [0.25, 0.3) is 5.91 Å². The predicted octanol–water partition coefficient (Wildman–Crippen LogP) is 4.29. The summed E-state index contributed by atoms with van der Waals surface area (Å²) in [5, 5.41) is 4.05. The molecule has 0 atom stereocenters. The minimum atomic E-state index is -0.0615. The molecule has 0 radical (unpaired) electrons. The van der Waals surface area contributed by atoms with Crippen LogP contribution in [-0.4, -0.2) is 29.0 Å². The number of anilines is 1. The van der Waals surface area contributed by atoms with Gasteiger partial charge in [-0.3, -0.25) is 4.79 Å². The van der Waals surface area contributed by atoms with Crippen molar-refractivity contribution in [1.82, 2.24) is 15.3 Å². The first-order valence-electron chi connectivity index (χ1n) is 8.66. The summed E-state index contributed by atoms with van der Waals surface area (Å²) in [7, 11) is 0. The monoisotopic (exact) mass is 430 g/mol. The van der Waals surface area contributed by atoms with Crippen LogP contribution in [0.3, 0.4) is 0 Å². The first-order chi connectivity index (χ1) is 12.6. The van der Waals surface area contributed by atoms with E-state index in [4.69, 9.17) is 0 Å². The number of benzene rings is 1. The molecule has 7 heteroatoms. The number of rotatable bonds is 4. The molecule has 1 aliphatic heterocycles. The van der Waals surface area contributed by atoms with E-state index in [0.29, 0.717) is 11.4 Å². The highest BCUT2D eigenvalue weighted by atomic mass is 79.9. The minimum absolute atomic E-state index is 0.0615. The largest absolute Gasteiger partial charge is 0.356 e. The van der Waals surface area contributed by atoms with Crippen molar-refractivity contribution in [2.45, 2.75) is 26.3 Å². The second-order valence-electron chi connectivity index (χ2n) is 6.40. The van der Waals surface area contributed by atoms with Crippen LogP contribution in [0.2, 0.25) is 0 Å². The summed E-state index contributed by atoms with van der Waals surface area (Å²) in [5.41, 5.74) is 2.02. The first kappa shape index (κ1) is 17.4. The van der Waals surface area contributed by atoms with Crippen molar-refractivity contribution in [3.8, 4) is 0 Å². The van der Waals surface area contributed by atoms with E-state index in [1.165, 1.54) is 24.2 Å². The number of fused-ring (bicyclic) bond motifs is 1. The van der Waals surface area contributed by atoms with Crippen molar-refractivity contribution >= 4 is 49.2 Å². The van der Waals surface area contributed by atoms with Crippen LogP contribution in [0.1, 0.15) is 33.6 Å². The van der Waals surface area contributed by atoms with Crippen LogP contribution in [0.5, 0.6) is 0 Å². The van der Waals surface area contributed by atoms with Gasteiger partial charge >= 0.3 is 0 Å². The summed E-state index contributed by atoms with van der Waals surface area (Å²) in [4.78, 5) is 25.6. The highest BCUT2D eigenvalue weighted by Gasteiger charge is 2.23. The van der Waals surface area contributed by atoms with Crippen molar-refractivity contribution in [2.75, 3.05) is 18.0 Å². The second-order valence-corrected chi connectivity index (χ2v) is 8.26. The number of nitrogens with one attached hydrogen (secondary N) is 1. The zero-order valence-electron chi connectivity index (χ0n) is 14.5. The lowest BCUT2D eigenvalue weighted by atomic mass is 10.2. The zero-order valence-corrected chi connectivity index (χ0v) is 16.9. The molecule has 1 N–H and O–H groups in total. The summed E-state index contributed by atoms with van der Waals surface area (Å²) in [6.45, 7) is 4.52. The maximum Gasteiger partial charge on any atom is 0.261 e. The lowest BCUT2D eigenvalue weighted by Gasteiger charge is -2.17. The molecule has 1 aliphatic rings. The molecule has 1 aromatic carbocycles. The molecule has 1 fully saturated rings. The molecule has 5 nitrogen and oxygen atoms in total. The number of nitrogens with zero attached hydrogens (tertiary/aromatic N) is 3. The van der Waals surface area contributed by atoms with Crippen molar-refractivity contribution < 1.29 is 4.79 Å². The summed E-state index contributed by atoms with van der Waals surface area (Å²) in [6, 6.07) is 7.90. The molecule has 3 aromatic rings. The number of carbonyl (C=O) groups is 1. The fourth-order valence-corrected chi connectivity index (χ4v) is 4.82. The van der Waals surface area contributed by atoms with E-state index in [2.05, 4.69) is 36.1 Å². The Labute approximate surface area is 164 Å². The maximum atomic E-state index is 12.8. The summed E-state index contributed by atoms with van der Waals surface area (Å²) in [6.07, 6.45) is 3.98. The molecule has 4 rings (SSSR count). The summed E-state index contributed by atoms with van der Waals surface area (Å²) >= 11 is 4.96. The normalized spacial score (nSPS) is 14.2. The van der Waals surface area contributed by atoms with E-state index in [0.717, 1.165) is 44.7 Å². The Morgan fingerprint density at radius 2 is 2.04 bits per heavy atom. The molecule has 0 unspecified atom stereocenters. The van der Waals surface area contributed by atoms with Crippen LogP contribution in [0.15, 0.2) is 35.1 Å². The molecule has 0 aliphatic carbocycles. The van der Waals surface area contributed by atoms with Crippen LogP contribution in [-0.2, 0) is 6.54 Å². The van der Waals surface area contributed by atoms with Crippen molar-refractivity contribution in [3.05, 3.63) is 51.1 Å². The lowest BCUT2D eigenvalue weighted by molar-refractivity contribution is 0.0954. The SMILES string of the molecule is Cc1c(C(=O)NCc2ccccc2Br)sc2ncnc(N3CCCC3)c12. The number of hydrogen-bond acceptors (Lipinski definition) is 5. The molecule has 134 valence electrons. The van der Waals surface area contributed by atoms with E-state index >= 15 is 0 Å². The van der Waals surface area contributed by atoms with Gasteiger partial charge in [0.15, 0.2) is 0 Å². The lowest BCUT2D eigenvalue weighted by Crippen LogP contribution is -2.23. The van der Waals surface area contributed by atoms with Gasteiger partial charge < -0.3 is 10.2 Å². The van der Waals surface area contributed by atoms with Gasteiger partial charge in [-0.25, -0.2) is 9.97 Å². The molecule has 2 aromatic heterocycles. The van der Waals surface area contributed by atoms with Crippen molar-refractivity contribution in [3.63, 3.8) is 0 Å². The number of thiophene rings is 1.